The van der Waals surface area contributed by atoms with Gasteiger partial charge < -0.3 is 9.47 Å². The fraction of sp³-hybridized carbons (Fsp3) is 0.207. The molecule has 0 atom stereocenters. The van der Waals surface area contributed by atoms with Crippen molar-refractivity contribution in [1.82, 2.24) is 5.32 Å². The Morgan fingerprint density at radius 2 is 1.70 bits per heavy atom. The monoisotopic (exact) mass is 562 g/mol. The van der Waals surface area contributed by atoms with Crippen LogP contribution in [0.4, 0.5) is 10.5 Å². The summed E-state index contributed by atoms with van der Waals surface area (Å²) >= 11 is 3.53. The number of carbonyl (C=O) groups is 3. The van der Waals surface area contributed by atoms with Gasteiger partial charge in [0.2, 0.25) is 0 Å². The van der Waals surface area contributed by atoms with Crippen molar-refractivity contribution < 1.29 is 23.9 Å². The molecule has 1 N–H and O–H groups in total. The van der Waals surface area contributed by atoms with Gasteiger partial charge >= 0.3 is 6.03 Å². The molecule has 1 fully saturated rings. The SMILES string of the molecule is CCc1ccccc1N1C(=O)NC(=O)/C(=C/c2cc(Br)c(OCc3cc(C)cc(C)c3)c(OC)c2)C1=O. The first kappa shape index (κ1) is 26.2. The molecule has 0 bridgehead atoms. The third-order valence-corrected chi connectivity index (χ3v) is 6.53. The zero-order valence-electron chi connectivity index (χ0n) is 21.1. The number of aryl methyl sites for hydroxylation is 3. The first-order chi connectivity index (χ1) is 17.7. The normalized spacial score (nSPS) is 14.7. The van der Waals surface area contributed by atoms with E-state index in [1.165, 1.54) is 13.2 Å². The second-order valence-corrected chi connectivity index (χ2v) is 9.61. The number of nitrogens with one attached hydrogen (secondary N) is 1. The summed E-state index contributed by atoms with van der Waals surface area (Å²) < 4.78 is 12.2. The first-order valence-corrected chi connectivity index (χ1v) is 12.6. The molecular formula is C29H27BrN2O5. The number of methoxy groups -OCH3 is 1. The van der Waals surface area contributed by atoms with E-state index in [0.717, 1.165) is 27.2 Å². The maximum atomic E-state index is 13.3. The molecule has 0 spiro atoms. The summed E-state index contributed by atoms with van der Waals surface area (Å²) in [6.07, 6.45) is 2.06. The van der Waals surface area contributed by atoms with Crippen LogP contribution in [0.1, 0.15) is 34.7 Å². The molecular weight excluding hydrogens is 536 g/mol. The van der Waals surface area contributed by atoms with Gasteiger partial charge in [-0.15, -0.1) is 0 Å². The predicted octanol–water partition coefficient (Wildman–Crippen LogP) is 5.88. The Labute approximate surface area is 224 Å². The lowest BCUT2D eigenvalue weighted by Gasteiger charge is -2.28. The molecule has 0 aromatic heterocycles. The fourth-order valence-corrected chi connectivity index (χ4v) is 4.92. The lowest BCUT2D eigenvalue weighted by atomic mass is 10.0. The summed E-state index contributed by atoms with van der Waals surface area (Å²) in [7, 11) is 1.52. The maximum Gasteiger partial charge on any atom is 0.335 e. The molecule has 1 aliphatic rings. The van der Waals surface area contributed by atoms with Crippen LogP contribution in [0.2, 0.25) is 0 Å². The number of urea groups is 1. The van der Waals surface area contributed by atoms with Crippen LogP contribution in [0.3, 0.4) is 0 Å². The molecule has 0 unspecified atom stereocenters. The minimum Gasteiger partial charge on any atom is -0.493 e. The van der Waals surface area contributed by atoms with Gasteiger partial charge in [-0.25, -0.2) is 9.69 Å². The Kier molecular flexibility index (Phi) is 7.78. The van der Waals surface area contributed by atoms with Crippen molar-refractivity contribution in [2.24, 2.45) is 0 Å². The van der Waals surface area contributed by atoms with Crippen LogP contribution in [0.15, 0.2) is 64.6 Å². The summed E-state index contributed by atoms with van der Waals surface area (Å²) in [6.45, 7) is 6.34. The van der Waals surface area contributed by atoms with Crippen molar-refractivity contribution in [2.45, 2.75) is 33.8 Å². The number of ether oxygens (including phenoxy) is 2. The largest absolute Gasteiger partial charge is 0.493 e. The van der Waals surface area contributed by atoms with Crippen LogP contribution in [0, 0.1) is 13.8 Å². The second kappa shape index (κ2) is 11.0. The Morgan fingerprint density at radius 1 is 1.00 bits per heavy atom. The Hall–Kier alpha value is -3.91. The molecule has 3 aromatic rings. The highest BCUT2D eigenvalue weighted by molar-refractivity contribution is 9.10. The highest BCUT2D eigenvalue weighted by Crippen LogP contribution is 2.38. The molecule has 37 heavy (non-hydrogen) atoms. The van der Waals surface area contributed by atoms with E-state index in [2.05, 4.69) is 39.4 Å². The van der Waals surface area contributed by atoms with Crippen molar-refractivity contribution in [1.29, 1.82) is 0 Å². The highest BCUT2D eigenvalue weighted by Gasteiger charge is 2.37. The number of amides is 4. The van der Waals surface area contributed by atoms with Gasteiger partial charge in [-0.2, -0.15) is 0 Å². The van der Waals surface area contributed by atoms with E-state index in [4.69, 9.17) is 9.47 Å². The number of barbiturate groups is 1. The van der Waals surface area contributed by atoms with Gasteiger partial charge in [0.1, 0.15) is 12.2 Å². The van der Waals surface area contributed by atoms with E-state index in [0.29, 0.717) is 40.3 Å². The third-order valence-electron chi connectivity index (χ3n) is 5.94. The second-order valence-electron chi connectivity index (χ2n) is 8.76. The van der Waals surface area contributed by atoms with Crippen LogP contribution >= 0.6 is 15.9 Å². The van der Waals surface area contributed by atoms with Crippen LogP contribution in [0.25, 0.3) is 6.08 Å². The van der Waals surface area contributed by atoms with Gasteiger partial charge in [0.25, 0.3) is 11.8 Å². The van der Waals surface area contributed by atoms with Gasteiger partial charge in [0.05, 0.1) is 17.3 Å². The number of nitrogens with zero attached hydrogens (tertiary/aromatic N) is 1. The lowest BCUT2D eigenvalue weighted by Crippen LogP contribution is -2.54. The van der Waals surface area contributed by atoms with Crippen LogP contribution in [-0.2, 0) is 22.6 Å². The topological polar surface area (TPSA) is 84.9 Å². The minimum atomic E-state index is -0.776. The predicted molar refractivity (Wildman–Crippen MR) is 146 cm³/mol. The minimum absolute atomic E-state index is 0.164. The molecule has 4 amide bonds. The van der Waals surface area contributed by atoms with E-state index in [1.54, 1.807) is 24.3 Å². The summed E-state index contributed by atoms with van der Waals surface area (Å²) in [4.78, 5) is 39.6. The number of imide groups is 2. The van der Waals surface area contributed by atoms with E-state index >= 15 is 0 Å². The van der Waals surface area contributed by atoms with Crippen molar-refractivity contribution in [3.05, 3.63) is 92.5 Å². The molecule has 1 saturated heterocycles. The summed E-state index contributed by atoms with van der Waals surface area (Å²) in [5, 5.41) is 2.27. The smallest absolute Gasteiger partial charge is 0.335 e. The number of carbonyl (C=O) groups excluding carboxylic acids is 3. The van der Waals surface area contributed by atoms with E-state index < -0.39 is 17.8 Å². The van der Waals surface area contributed by atoms with Gasteiger partial charge in [-0.3, -0.25) is 14.9 Å². The molecule has 3 aromatic carbocycles. The summed E-state index contributed by atoms with van der Waals surface area (Å²) in [5.74, 6) is -0.527. The van der Waals surface area contributed by atoms with Crippen LogP contribution < -0.4 is 19.7 Å². The van der Waals surface area contributed by atoms with Crippen molar-refractivity contribution in [3.8, 4) is 11.5 Å². The molecule has 1 aliphatic heterocycles. The van der Waals surface area contributed by atoms with Gasteiger partial charge in [-0.1, -0.05) is 54.4 Å². The van der Waals surface area contributed by atoms with Gasteiger partial charge in [0.15, 0.2) is 11.5 Å². The van der Waals surface area contributed by atoms with Crippen molar-refractivity contribution in [2.75, 3.05) is 12.0 Å². The van der Waals surface area contributed by atoms with Gasteiger partial charge in [0, 0.05) is 0 Å². The fourth-order valence-electron chi connectivity index (χ4n) is 4.34. The number of benzene rings is 3. The summed E-state index contributed by atoms with van der Waals surface area (Å²) in [6, 6.07) is 16.0. The standard InChI is InChI=1S/C29H27BrN2O5/c1-5-21-8-6-7-9-24(21)32-28(34)22(27(33)31-29(32)35)13-19-14-23(30)26(25(15-19)36-4)37-16-20-11-17(2)10-18(3)12-20/h6-15H,5,16H2,1-4H3,(H,31,33,35)/b22-13-. The van der Waals surface area contributed by atoms with Crippen molar-refractivity contribution >= 4 is 45.5 Å². The average molecular weight is 563 g/mol. The molecule has 0 aliphatic carbocycles. The van der Waals surface area contributed by atoms with Crippen LogP contribution in [0.5, 0.6) is 11.5 Å². The molecule has 0 radical (unpaired) electrons. The Bertz CT molecular complexity index is 1410. The third kappa shape index (κ3) is 5.59. The zero-order valence-corrected chi connectivity index (χ0v) is 22.6. The van der Waals surface area contributed by atoms with E-state index in [-0.39, 0.29) is 5.57 Å². The maximum absolute atomic E-state index is 13.3. The summed E-state index contributed by atoms with van der Waals surface area (Å²) in [5.41, 5.74) is 4.95. The molecule has 4 rings (SSSR count). The number of hydrogen-bond donors (Lipinski definition) is 1. The van der Waals surface area contributed by atoms with Crippen LogP contribution in [-0.4, -0.2) is 25.0 Å². The zero-order chi connectivity index (χ0) is 26.7. The molecule has 1 heterocycles. The van der Waals surface area contributed by atoms with Gasteiger partial charge in [-0.05, 0) is 77.2 Å². The van der Waals surface area contributed by atoms with E-state index in [9.17, 15) is 14.4 Å². The quantitative estimate of drug-likeness (QED) is 0.287. The molecule has 7 nitrogen and oxygen atoms in total. The van der Waals surface area contributed by atoms with E-state index in [1.807, 2.05) is 32.9 Å². The molecule has 8 heteroatoms. The number of anilines is 1. The Morgan fingerprint density at radius 3 is 2.38 bits per heavy atom. The first-order valence-electron chi connectivity index (χ1n) is 11.8. The number of para-hydroxylation sites is 1. The molecule has 190 valence electrons. The number of halogens is 1. The molecule has 0 saturated carbocycles. The average Bonchev–Trinajstić information content (AvgIpc) is 2.85. The lowest BCUT2D eigenvalue weighted by molar-refractivity contribution is -0.122. The Balaban J connectivity index is 1.66. The highest BCUT2D eigenvalue weighted by atomic mass is 79.9. The van der Waals surface area contributed by atoms with Crippen molar-refractivity contribution in [3.63, 3.8) is 0 Å². The number of hydrogen-bond acceptors (Lipinski definition) is 5. The number of rotatable bonds is 7.